The van der Waals surface area contributed by atoms with Crippen molar-refractivity contribution < 1.29 is 39.3 Å². The van der Waals surface area contributed by atoms with Crippen LogP contribution in [0.25, 0.3) is 0 Å². The van der Waals surface area contributed by atoms with E-state index in [-0.39, 0.29) is 6.42 Å². The lowest BCUT2D eigenvalue weighted by Gasteiger charge is -2.24. The number of hydrogen-bond acceptors (Lipinski definition) is 8. The highest BCUT2D eigenvalue weighted by atomic mass is 32.2. The topological polar surface area (TPSA) is 208 Å². The third kappa shape index (κ3) is 10.1. The quantitative estimate of drug-likeness (QED) is 0.161. The SMILES string of the molecule is CSCCC(NC(=O)C(C)NC(=O)C(N)CC(=O)O)C(=O)NC(C(=O)O)C(C)O. The number of rotatable bonds is 13. The van der Waals surface area contributed by atoms with E-state index in [0.29, 0.717) is 5.75 Å². The molecule has 0 aliphatic heterocycles. The van der Waals surface area contributed by atoms with E-state index in [4.69, 9.17) is 15.9 Å². The van der Waals surface area contributed by atoms with Gasteiger partial charge in [-0.3, -0.25) is 19.2 Å². The molecule has 0 spiro atoms. The molecule has 3 amide bonds. The number of nitrogens with two attached hydrogens (primary N) is 1. The molecule has 166 valence electrons. The predicted molar refractivity (Wildman–Crippen MR) is 104 cm³/mol. The smallest absolute Gasteiger partial charge is 0.328 e. The highest BCUT2D eigenvalue weighted by Gasteiger charge is 2.30. The van der Waals surface area contributed by atoms with Crippen molar-refractivity contribution in [3.8, 4) is 0 Å². The van der Waals surface area contributed by atoms with Crippen LogP contribution in [0.5, 0.6) is 0 Å². The van der Waals surface area contributed by atoms with Crippen LogP contribution in [0.4, 0.5) is 0 Å². The zero-order chi connectivity index (χ0) is 22.7. The first-order valence-corrected chi connectivity index (χ1v) is 10.1. The van der Waals surface area contributed by atoms with Crippen molar-refractivity contribution in [2.24, 2.45) is 5.73 Å². The summed E-state index contributed by atoms with van der Waals surface area (Å²) in [6, 6.07) is -5.13. The van der Waals surface area contributed by atoms with Crippen LogP contribution in [-0.4, -0.2) is 87.3 Å². The molecule has 0 saturated carbocycles. The minimum absolute atomic E-state index is 0.171. The van der Waals surface area contributed by atoms with E-state index < -0.39 is 66.4 Å². The molecule has 0 radical (unpaired) electrons. The summed E-state index contributed by atoms with van der Waals surface area (Å²) in [6.45, 7) is 2.52. The number of nitrogens with one attached hydrogen (secondary N) is 3. The highest BCUT2D eigenvalue weighted by molar-refractivity contribution is 7.98. The number of carboxylic acids is 2. The molecule has 5 unspecified atom stereocenters. The second kappa shape index (κ2) is 13.0. The van der Waals surface area contributed by atoms with Crippen molar-refractivity contribution in [3.63, 3.8) is 0 Å². The molecular formula is C16H28N4O8S. The second-order valence-corrected chi connectivity index (χ2v) is 7.33. The Labute approximate surface area is 172 Å². The summed E-state index contributed by atoms with van der Waals surface area (Å²) in [5.74, 6) is -4.64. The first kappa shape index (κ1) is 26.6. The molecule has 0 aromatic rings. The van der Waals surface area contributed by atoms with Gasteiger partial charge in [-0.05, 0) is 32.3 Å². The third-order valence-electron chi connectivity index (χ3n) is 3.77. The third-order valence-corrected chi connectivity index (χ3v) is 4.42. The maximum Gasteiger partial charge on any atom is 0.328 e. The molecule has 29 heavy (non-hydrogen) atoms. The van der Waals surface area contributed by atoms with Gasteiger partial charge >= 0.3 is 11.9 Å². The van der Waals surface area contributed by atoms with E-state index in [1.54, 1.807) is 6.26 Å². The van der Waals surface area contributed by atoms with Gasteiger partial charge in [0, 0.05) is 0 Å². The lowest BCUT2D eigenvalue weighted by Crippen LogP contribution is -2.57. The number of aliphatic hydroxyl groups excluding tert-OH is 1. The number of hydrogen-bond donors (Lipinski definition) is 7. The first-order chi connectivity index (χ1) is 13.4. The standard InChI is InChI=1S/C16H28N4O8S/c1-7(18-14(25)9(17)6-11(22)23)13(24)19-10(4-5-29-3)15(26)20-12(8(2)21)16(27)28/h7-10,12,21H,4-6,17H2,1-3H3,(H,18,25)(H,19,24)(H,20,26)(H,22,23)(H,27,28). The lowest BCUT2D eigenvalue weighted by atomic mass is 10.1. The molecule has 0 aromatic carbocycles. The lowest BCUT2D eigenvalue weighted by molar-refractivity contribution is -0.145. The van der Waals surface area contributed by atoms with Gasteiger partial charge in [-0.1, -0.05) is 0 Å². The van der Waals surface area contributed by atoms with Gasteiger partial charge in [-0.25, -0.2) is 4.79 Å². The van der Waals surface area contributed by atoms with Crippen LogP contribution in [-0.2, 0) is 24.0 Å². The van der Waals surface area contributed by atoms with Gasteiger partial charge < -0.3 is 37.0 Å². The Hall–Kier alpha value is -2.38. The van der Waals surface area contributed by atoms with Crippen LogP contribution in [0.3, 0.4) is 0 Å². The normalized spacial score (nSPS) is 15.9. The van der Waals surface area contributed by atoms with E-state index in [2.05, 4.69) is 16.0 Å². The molecule has 13 heteroatoms. The molecule has 0 aliphatic carbocycles. The average Bonchev–Trinajstić information content (AvgIpc) is 2.61. The fraction of sp³-hybridized carbons (Fsp3) is 0.688. The Morgan fingerprint density at radius 3 is 2.00 bits per heavy atom. The number of aliphatic hydroxyl groups is 1. The maximum absolute atomic E-state index is 12.4. The molecule has 0 bridgehead atoms. The van der Waals surface area contributed by atoms with Crippen molar-refractivity contribution in [2.45, 2.75) is 57.0 Å². The second-order valence-electron chi connectivity index (χ2n) is 6.34. The Bertz CT molecular complexity index is 616. The summed E-state index contributed by atoms with van der Waals surface area (Å²) in [7, 11) is 0. The molecule has 0 rings (SSSR count). The van der Waals surface area contributed by atoms with Crippen molar-refractivity contribution in [1.82, 2.24) is 16.0 Å². The summed E-state index contributed by atoms with van der Waals surface area (Å²) in [6.07, 6.45) is -0.0274. The highest BCUT2D eigenvalue weighted by Crippen LogP contribution is 2.04. The molecule has 12 nitrogen and oxygen atoms in total. The van der Waals surface area contributed by atoms with Crippen molar-refractivity contribution in [1.29, 1.82) is 0 Å². The molecule has 8 N–H and O–H groups in total. The maximum atomic E-state index is 12.4. The Morgan fingerprint density at radius 2 is 1.55 bits per heavy atom. The predicted octanol–water partition coefficient (Wildman–Crippen LogP) is -2.52. The minimum Gasteiger partial charge on any atom is -0.481 e. The molecule has 5 atom stereocenters. The van der Waals surface area contributed by atoms with Gasteiger partial charge in [-0.15, -0.1) is 0 Å². The van der Waals surface area contributed by atoms with E-state index in [1.165, 1.54) is 25.6 Å². The molecule has 0 aromatic heterocycles. The largest absolute Gasteiger partial charge is 0.481 e. The fourth-order valence-corrected chi connectivity index (χ4v) is 2.58. The van der Waals surface area contributed by atoms with Crippen LogP contribution in [0, 0.1) is 0 Å². The summed E-state index contributed by atoms with van der Waals surface area (Å²) < 4.78 is 0. The van der Waals surface area contributed by atoms with Crippen molar-refractivity contribution >= 4 is 41.4 Å². The molecule has 0 fully saturated rings. The number of carboxylic acid groups (broad SMARTS) is 2. The minimum atomic E-state index is -1.55. The van der Waals surface area contributed by atoms with E-state index in [9.17, 15) is 29.1 Å². The molecular weight excluding hydrogens is 408 g/mol. The van der Waals surface area contributed by atoms with Crippen LogP contribution in [0.2, 0.25) is 0 Å². The van der Waals surface area contributed by atoms with Crippen LogP contribution in [0.1, 0.15) is 26.7 Å². The van der Waals surface area contributed by atoms with Gasteiger partial charge in [0.25, 0.3) is 0 Å². The van der Waals surface area contributed by atoms with Gasteiger partial charge in [0.2, 0.25) is 17.7 Å². The molecule has 0 heterocycles. The van der Waals surface area contributed by atoms with Crippen LogP contribution >= 0.6 is 11.8 Å². The molecule has 0 aliphatic rings. The van der Waals surface area contributed by atoms with Crippen LogP contribution in [0.15, 0.2) is 0 Å². The van der Waals surface area contributed by atoms with E-state index >= 15 is 0 Å². The van der Waals surface area contributed by atoms with E-state index in [1.807, 2.05) is 0 Å². The Morgan fingerprint density at radius 1 is 0.966 bits per heavy atom. The van der Waals surface area contributed by atoms with Gasteiger partial charge in [0.05, 0.1) is 18.6 Å². The van der Waals surface area contributed by atoms with Crippen molar-refractivity contribution in [2.75, 3.05) is 12.0 Å². The molecule has 0 saturated heterocycles. The first-order valence-electron chi connectivity index (χ1n) is 8.69. The fourth-order valence-electron chi connectivity index (χ4n) is 2.11. The van der Waals surface area contributed by atoms with Gasteiger partial charge in [0.15, 0.2) is 6.04 Å². The number of carbonyl (C=O) groups is 5. The number of amides is 3. The van der Waals surface area contributed by atoms with Crippen molar-refractivity contribution in [3.05, 3.63) is 0 Å². The summed E-state index contributed by atoms with van der Waals surface area (Å²) >= 11 is 1.40. The summed E-state index contributed by atoms with van der Waals surface area (Å²) in [4.78, 5) is 58.3. The average molecular weight is 436 g/mol. The summed E-state index contributed by atoms with van der Waals surface area (Å²) in [5.41, 5.74) is 5.42. The Balaban J connectivity index is 5.04. The number of thioether (sulfide) groups is 1. The van der Waals surface area contributed by atoms with E-state index in [0.717, 1.165) is 0 Å². The number of carbonyl (C=O) groups excluding carboxylic acids is 3. The monoisotopic (exact) mass is 436 g/mol. The number of aliphatic carboxylic acids is 2. The Kier molecular flexibility index (Phi) is 11.9. The van der Waals surface area contributed by atoms with Gasteiger partial charge in [-0.2, -0.15) is 11.8 Å². The van der Waals surface area contributed by atoms with Crippen LogP contribution < -0.4 is 21.7 Å². The zero-order valence-electron chi connectivity index (χ0n) is 16.4. The van der Waals surface area contributed by atoms with Gasteiger partial charge in [0.1, 0.15) is 12.1 Å². The summed E-state index contributed by atoms with van der Waals surface area (Å²) in [5, 5.41) is 34.0. The zero-order valence-corrected chi connectivity index (χ0v) is 17.2.